The van der Waals surface area contributed by atoms with Crippen molar-refractivity contribution >= 4 is 0 Å². The van der Waals surface area contributed by atoms with Crippen molar-refractivity contribution in [1.82, 2.24) is 0 Å². The van der Waals surface area contributed by atoms with Gasteiger partial charge in [0.1, 0.15) is 5.60 Å². The molecular weight excluding hydrogens is 256 g/mol. The van der Waals surface area contributed by atoms with Gasteiger partial charge in [-0.2, -0.15) is 0 Å². The highest BCUT2D eigenvalue weighted by Crippen LogP contribution is 2.35. The molecule has 1 saturated carbocycles. The minimum absolute atomic E-state index is 0.447. The molecule has 0 aliphatic heterocycles. The first-order chi connectivity index (χ1) is 9.62. The van der Waals surface area contributed by atoms with Crippen molar-refractivity contribution in [2.24, 2.45) is 0 Å². The molecule has 4 heteroatoms. The molecule has 0 heterocycles. The van der Waals surface area contributed by atoms with E-state index in [0.29, 0.717) is 6.42 Å². The molecule has 1 rings (SSSR count). The predicted molar refractivity (Wildman–Crippen MR) is 79.1 cm³/mol. The Hall–Kier alpha value is -0.420. The molecule has 2 atom stereocenters. The van der Waals surface area contributed by atoms with E-state index in [-0.39, 0.29) is 0 Å². The lowest BCUT2D eigenvalue weighted by atomic mass is 9.82. The monoisotopic (exact) mass is 286 g/mol. The van der Waals surface area contributed by atoms with Crippen LogP contribution < -0.4 is 0 Å². The fourth-order valence-corrected chi connectivity index (χ4v) is 2.54. The largest absolute Gasteiger partial charge is 0.249 e. The van der Waals surface area contributed by atoms with E-state index in [1.165, 1.54) is 19.3 Å². The standard InChI is InChI=1S/C16H30O4/c1-4-5-6-7-8-12-15(18-17)19-20-16(3)13-10-9-11-14(16)2/h15,17H,2,4-13H2,1,3H3. The Morgan fingerprint density at radius 2 is 2.00 bits per heavy atom. The normalized spacial score (nSPS) is 24.9. The summed E-state index contributed by atoms with van der Waals surface area (Å²) in [4.78, 5) is 15.2. The van der Waals surface area contributed by atoms with Gasteiger partial charge in [0.05, 0.1) is 0 Å². The zero-order valence-electron chi connectivity index (χ0n) is 13.0. The number of hydrogen-bond donors (Lipinski definition) is 1. The molecule has 0 aromatic carbocycles. The summed E-state index contributed by atoms with van der Waals surface area (Å²) in [5.74, 6) is 0. The lowest BCUT2D eigenvalue weighted by Gasteiger charge is -2.34. The fourth-order valence-electron chi connectivity index (χ4n) is 2.54. The van der Waals surface area contributed by atoms with Gasteiger partial charge in [0.15, 0.2) is 0 Å². The van der Waals surface area contributed by atoms with Gasteiger partial charge >= 0.3 is 0 Å². The van der Waals surface area contributed by atoms with Crippen LogP contribution in [-0.4, -0.2) is 17.1 Å². The Kier molecular flexibility index (Phi) is 8.38. The molecular formula is C16H30O4. The van der Waals surface area contributed by atoms with Crippen LogP contribution in [0.3, 0.4) is 0 Å². The van der Waals surface area contributed by atoms with Crippen molar-refractivity contribution in [3.63, 3.8) is 0 Å². The van der Waals surface area contributed by atoms with E-state index in [1.54, 1.807) is 0 Å². The van der Waals surface area contributed by atoms with Crippen LogP contribution >= 0.6 is 0 Å². The van der Waals surface area contributed by atoms with Gasteiger partial charge in [-0.05, 0) is 44.6 Å². The zero-order chi connectivity index (χ0) is 14.8. The van der Waals surface area contributed by atoms with Crippen molar-refractivity contribution in [2.75, 3.05) is 0 Å². The maximum atomic E-state index is 8.88. The molecule has 1 aliphatic carbocycles. The third-order valence-corrected chi connectivity index (χ3v) is 4.13. The Balaban J connectivity index is 2.24. The van der Waals surface area contributed by atoms with Crippen LogP contribution in [0.5, 0.6) is 0 Å². The second-order valence-electron chi connectivity index (χ2n) is 5.96. The van der Waals surface area contributed by atoms with Crippen LogP contribution in [-0.2, 0) is 14.7 Å². The van der Waals surface area contributed by atoms with Gasteiger partial charge in [0.2, 0.25) is 6.29 Å². The molecule has 0 aromatic heterocycles. The Bertz CT molecular complexity index is 280. The van der Waals surface area contributed by atoms with Crippen LogP contribution in [0.4, 0.5) is 0 Å². The molecule has 4 nitrogen and oxygen atoms in total. The molecule has 20 heavy (non-hydrogen) atoms. The summed E-state index contributed by atoms with van der Waals surface area (Å²) < 4.78 is 0. The number of hydrogen-bond acceptors (Lipinski definition) is 4. The minimum Gasteiger partial charge on any atom is -0.249 e. The van der Waals surface area contributed by atoms with Crippen molar-refractivity contribution in [3.05, 3.63) is 12.2 Å². The molecule has 0 radical (unpaired) electrons. The average molecular weight is 286 g/mol. The minimum atomic E-state index is -0.705. The molecule has 118 valence electrons. The van der Waals surface area contributed by atoms with Gasteiger partial charge < -0.3 is 0 Å². The van der Waals surface area contributed by atoms with Gasteiger partial charge in [-0.1, -0.05) is 39.2 Å². The molecule has 0 spiro atoms. The first kappa shape index (κ1) is 17.6. The van der Waals surface area contributed by atoms with E-state index in [2.05, 4.69) is 18.4 Å². The van der Waals surface area contributed by atoms with Crippen LogP contribution in [0, 0.1) is 0 Å². The van der Waals surface area contributed by atoms with Gasteiger partial charge in [0, 0.05) is 6.42 Å². The quantitative estimate of drug-likeness (QED) is 0.202. The van der Waals surface area contributed by atoms with Gasteiger partial charge in [-0.3, -0.25) is 0 Å². The van der Waals surface area contributed by atoms with E-state index in [9.17, 15) is 0 Å². The smallest absolute Gasteiger partial charge is 0.224 e. The second-order valence-corrected chi connectivity index (χ2v) is 5.96. The lowest BCUT2D eigenvalue weighted by molar-refractivity contribution is -0.471. The number of rotatable bonds is 10. The highest BCUT2D eigenvalue weighted by molar-refractivity contribution is 5.13. The summed E-state index contributed by atoms with van der Waals surface area (Å²) in [6.07, 6.45) is 9.86. The van der Waals surface area contributed by atoms with Crippen molar-refractivity contribution < 1.29 is 19.9 Å². The fraction of sp³-hybridized carbons (Fsp3) is 0.875. The van der Waals surface area contributed by atoms with Gasteiger partial charge in [-0.15, -0.1) is 0 Å². The van der Waals surface area contributed by atoms with Crippen LogP contribution in [0.2, 0.25) is 0 Å². The number of unbranched alkanes of at least 4 members (excludes halogenated alkanes) is 4. The average Bonchev–Trinajstić information content (AvgIpc) is 2.45. The van der Waals surface area contributed by atoms with Crippen LogP contribution in [0.15, 0.2) is 12.2 Å². The molecule has 0 aromatic rings. The SMILES string of the molecule is C=C1CCCCC1(C)OOC(CCCCCCC)OO. The lowest BCUT2D eigenvalue weighted by Crippen LogP contribution is -2.35. The molecule has 2 unspecified atom stereocenters. The summed E-state index contributed by atoms with van der Waals surface area (Å²) in [5, 5.41) is 8.88. The maximum Gasteiger partial charge on any atom is 0.224 e. The molecule has 0 saturated heterocycles. The van der Waals surface area contributed by atoms with E-state index in [4.69, 9.17) is 15.0 Å². The Morgan fingerprint density at radius 1 is 1.25 bits per heavy atom. The van der Waals surface area contributed by atoms with Crippen LogP contribution in [0.1, 0.15) is 78.1 Å². The van der Waals surface area contributed by atoms with Crippen molar-refractivity contribution in [3.8, 4) is 0 Å². The van der Waals surface area contributed by atoms with Gasteiger partial charge in [0.25, 0.3) is 0 Å². The van der Waals surface area contributed by atoms with E-state index in [1.807, 2.05) is 6.92 Å². The summed E-state index contributed by atoms with van der Waals surface area (Å²) in [5.41, 5.74) is 0.612. The van der Waals surface area contributed by atoms with Crippen LogP contribution in [0.25, 0.3) is 0 Å². The van der Waals surface area contributed by atoms with E-state index in [0.717, 1.165) is 44.1 Å². The van der Waals surface area contributed by atoms with Gasteiger partial charge in [-0.25, -0.2) is 19.9 Å². The third kappa shape index (κ3) is 5.92. The second kappa shape index (κ2) is 9.50. The van der Waals surface area contributed by atoms with Crippen molar-refractivity contribution in [2.45, 2.75) is 89.9 Å². The molecule has 1 N–H and O–H groups in total. The highest BCUT2D eigenvalue weighted by Gasteiger charge is 2.33. The first-order valence-electron chi connectivity index (χ1n) is 7.95. The van der Waals surface area contributed by atoms with E-state index >= 15 is 0 Å². The topological polar surface area (TPSA) is 47.9 Å². The zero-order valence-corrected chi connectivity index (χ0v) is 13.0. The van der Waals surface area contributed by atoms with E-state index < -0.39 is 11.9 Å². The predicted octanol–water partition coefficient (Wildman–Crippen LogP) is 5.00. The summed E-state index contributed by atoms with van der Waals surface area (Å²) in [7, 11) is 0. The summed E-state index contributed by atoms with van der Waals surface area (Å²) in [6.45, 7) is 8.24. The molecule has 0 bridgehead atoms. The summed E-state index contributed by atoms with van der Waals surface area (Å²) >= 11 is 0. The molecule has 0 amide bonds. The highest BCUT2D eigenvalue weighted by atomic mass is 17.3. The Morgan fingerprint density at radius 3 is 2.65 bits per heavy atom. The molecule has 1 fully saturated rings. The Labute approximate surface area is 123 Å². The third-order valence-electron chi connectivity index (χ3n) is 4.13. The first-order valence-corrected chi connectivity index (χ1v) is 7.95. The van der Waals surface area contributed by atoms with Crippen molar-refractivity contribution in [1.29, 1.82) is 0 Å². The maximum absolute atomic E-state index is 8.88. The molecule has 1 aliphatic rings. The summed E-state index contributed by atoms with van der Waals surface area (Å²) in [6, 6.07) is 0.